The van der Waals surface area contributed by atoms with E-state index in [-0.39, 0.29) is 41.0 Å². The van der Waals surface area contributed by atoms with Crippen molar-refractivity contribution >= 4 is 21.8 Å². The largest absolute Gasteiger partial charge is 0.507 e. The van der Waals surface area contributed by atoms with Gasteiger partial charge in [0.2, 0.25) is 15.9 Å². The molecule has 1 fully saturated rings. The molecule has 1 heterocycles. The third-order valence-corrected chi connectivity index (χ3v) is 7.31. The van der Waals surface area contributed by atoms with E-state index in [0.717, 1.165) is 16.4 Å². The van der Waals surface area contributed by atoms with Crippen LogP contribution in [0.25, 0.3) is 0 Å². The predicted octanol–water partition coefficient (Wildman–Crippen LogP) is 1.92. The van der Waals surface area contributed by atoms with Gasteiger partial charge in [-0.2, -0.15) is 0 Å². The minimum atomic E-state index is -3.75. The molecule has 32 heavy (non-hydrogen) atoms. The third kappa shape index (κ3) is 5.43. The first-order chi connectivity index (χ1) is 15.2. The van der Waals surface area contributed by atoms with Crippen molar-refractivity contribution in [2.45, 2.75) is 17.7 Å². The van der Waals surface area contributed by atoms with Crippen LogP contribution in [0.15, 0.2) is 53.4 Å². The lowest BCUT2D eigenvalue weighted by Gasteiger charge is -2.35. The quantitative estimate of drug-likeness (QED) is 0.677. The molecule has 0 saturated carbocycles. The molecule has 8 nitrogen and oxygen atoms in total. The molecule has 0 spiro atoms. The van der Waals surface area contributed by atoms with E-state index in [9.17, 15) is 27.5 Å². The Hall–Kier alpha value is -2.98. The Bertz CT molecular complexity index is 1070. The molecule has 2 aromatic carbocycles. The van der Waals surface area contributed by atoms with Gasteiger partial charge in [0.25, 0.3) is 5.91 Å². The molecule has 0 aliphatic carbocycles. The molecular weight excluding hydrogens is 437 g/mol. The van der Waals surface area contributed by atoms with Gasteiger partial charge in [0.15, 0.2) is 0 Å². The van der Waals surface area contributed by atoms with E-state index in [1.165, 1.54) is 25.2 Å². The number of phenolic OH excluding ortho intramolecular Hbond substituents is 1. The van der Waals surface area contributed by atoms with Crippen LogP contribution in [0.1, 0.15) is 23.2 Å². The molecule has 1 saturated heterocycles. The number of aromatic hydroxyl groups is 1. The van der Waals surface area contributed by atoms with Gasteiger partial charge in [0, 0.05) is 46.2 Å². The number of carbonyl (C=O) groups is 2. The lowest BCUT2D eigenvalue weighted by atomic mass is 10.1. The monoisotopic (exact) mass is 463 g/mol. The normalized spacial score (nSPS) is 14.6. The lowest BCUT2D eigenvalue weighted by molar-refractivity contribution is -0.132. The number of piperazine rings is 1. The van der Waals surface area contributed by atoms with Crippen molar-refractivity contribution < 1.29 is 27.5 Å². The first-order valence-corrected chi connectivity index (χ1v) is 11.7. The molecule has 3 rings (SSSR count). The summed E-state index contributed by atoms with van der Waals surface area (Å²) in [5.41, 5.74) is 0.234. The fourth-order valence-corrected chi connectivity index (χ4v) is 4.71. The Morgan fingerprint density at radius 1 is 1.00 bits per heavy atom. The standard InChI is InChI=1S/C22H26FN3O5S/c1-24(32(30,31)18-10-8-17(23)9-11-18)12-4-7-21(28)25-13-15-26(16-14-25)22(29)19-5-2-3-6-20(19)27/h2-3,5-6,8-11,27H,4,7,12-16H2,1H3. The number of carbonyl (C=O) groups excluding carboxylic acids is 2. The number of para-hydroxylation sites is 1. The number of sulfonamides is 1. The molecule has 0 radical (unpaired) electrons. The maximum atomic E-state index is 13.0. The molecule has 1 N–H and O–H groups in total. The first kappa shape index (κ1) is 23.7. The Morgan fingerprint density at radius 3 is 2.22 bits per heavy atom. The Kier molecular flexibility index (Phi) is 7.47. The maximum Gasteiger partial charge on any atom is 0.257 e. The van der Waals surface area contributed by atoms with Crippen LogP contribution in [0.4, 0.5) is 4.39 Å². The summed E-state index contributed by atoms with van der Waals surface area (Å²) in [6, 6.07) is 10.9. The van der Waals surface area contributed by atoms with Crippen LogP contribution in [0.5, 0.6) is 5.75 Å². The summed E-state index contributed by atoms with van der Waals surface area (Å²) in [6.45, 7) is 1.62. The Labute approximate surface area is 186 Å². The van der Waals surface area contributed by atoms with Crippen molar-refractivity contribution in [1.29, 1.82) is 0 Å². The molecule has 172 valence electrons. The highest BCUT2D eigenvalue weighted by Gasteiger charge is 2.26. The van der Waals surface area contributed by atoms with Crippen molar-refractivity contribution in [3.05, 3.63) is 59.9 Å². The predicted molar refractivity (Wildman–Crippen MR) is 116 cm³/mol. The summed E-state index contributed by atoms with van der Waals surface area (Å²) >= 11 is 0. The number of phenols is 1. The van der Waals surface area contributed by atoms with Crippen molar-refractivity contribution in [3.63, 3.8) is 0 Å². The van der Waals surface area contributed by atoms with Crippen molar-refractivity contribution in [1.82, 2.24) is 14.1 Å². The van der Waals surface area contributed by atoms with Crippen LogP contribution in [0, 0.1) is 5.82 Å². The smallest absolute Gasteiger partial charge is 0.257 e. The number of nitrogens with zero attached hydrogens (tertiary/aromatic N) is 3. The van der Waals surface area contributed by atoms with Crippen molar-refractivity contribution in [2.24, 2.45) is 0 Å². The second kappa shape index (κ2) is 10.1. The van der Waals surface area contributed by atoms with Gasteiger partial charge in [0.05, 0.1) is 10.5 Å². The zero-order chi connectivity index (χ0) is 23.3. The molecule has 1 aliphatic heterocycles. The number of halogens is 1. The van der Waals surface area contributed by atoms with E-state index in [1.807, 2.05) is 0 Å². The second-order valence-electron chi connectivity index (χ2n) is 7.57. The molecule has 2 amide bonds. The summed E-state index contributed by atoms with van der Waals surface area (Å²) < 4.78 is 39.2. The Balaban J connectivity index is 1.46. The van der Waals surface area contributed by atoms with Crippen molar-refractivity contribution in [3.8, 4) is 5.75 Å². The summed E-state index contributed by atoms with van der Waals surface area (Å²) in [6.07, 6.45) is 0.517. The fourth-order valence-electron chi connectivity index (χ4n) is 3.50. The van der Waals surface area contributed by atoms with Crippen LogP contribution in [-0.2, 0) is 14.8 Å². The van der Waals surface area contributed by atoms with Gasteiger partial charge >= 0.3 is 0 Å². The maximum absolute atomic E-state index is 13.0. The van der Waals surface area contributed by atoms with Gasteiger partial charge in [-0.25, -0.2) is 17.1 Å². The van der Waals surface area contributed by atoms with E-state index in [0.29, 0.717) is 32.6 Å². The minimum absolute atomic E-state index is 0.00188. The van der Waals surface area contributed by atoms with Crippen LogP contribution in [0.2, 0.25) is 0 Å². The molecule has 0 aromatic heterocycles. The zero-order valence-corrected chi connectivity index (χ0v) is 18.6. The molecule has 0 bridgehead atoms. The highest BCUT2D eigenvalue weighted by atomic mass is 32.2. The van der Waals surface area contributed by atoms with Gasteiger partial charge in [-0.05, 0) is 42.8 Å². The van der Waals surface area contributed by atoms with Crippen LogP contribution in [0.3, 0.4) is 0 Å². The van der Waals surface area contributed by atoms with Gasteiger partial charge in [-0.1, -0.05) is 12.1 Å². The molecular formula is C22H26FN3O5S. The van der Waals surface area contributed by atoms with E-state index >= 15 is 0 Å². The van der Waals surface area contributed by atoms with Gasteiger partial charge in [-0.15, -0.1) is 0 Å². The fraction of sp³-hybridized carbons (Fsp3) is 0.364. The Morgan fingerprint density at radius 2 is 1.59 bits per heavy atom. The molecule has 10 heteroatoms. The van der Waals surface area contributed by atoms with Gasteiger partial charge in [0.1, 0.15) is 11.6 Å². The summed E-state index contributed by atoms with van der Waals surface area (Å²) in [5.74, 6) is -0.967. The topological polar surface area (TPSA) is 98.2 Å². The number of hydrogen-bond donors (Lipinski definition) is 1. The van der Waals surface area contributed by atoms with E-state index in [1.54, 1.807) is 28.0 Å². The molecule has 0 atom stereocenters. The number of rotatable bonds is 7. The second-order valence-corrected chi connectivity index (χ2v) is 9.62. The summed E-state index contributed by atoms with van der Waals surface area (Å²) in [4.78, 5) is 28.3. The minimum Gasteiger partial charge on any atom is -0.507 e. The van der Waals surface area contributed by atoms with Gasteiger partial charge < -0.3 is 14.9 Å². The number of hydrogen-bond acceptors (Lipinski definition) is 5. The highest BCUT2D eigenvalue weighted by molar-refractivity contribution is 7.89. The molecule has 0 unspecified atom stereocenters. The number of amides is 2. The average molecular weight is 464 g/mol. The highest BCUT2D eigenvalue weighted by Crippen LogP contribution is 2.19. The van der Waals surface area contributed by atoms with Crippen LogP contribution in [-0.4, -0.2) is 79.2 Å². The van der Waals surface area contributed by atoms with Crippen LogP contribution < -0.4 is 0 Å². The third-order valence-electron chi connectivity index (χ3n) is 5.44. The molecule has 2 aromatic rings. The van der Waals surface area contributed by atoms with Crippen LogP contribution >= 0.6 is 0 Å². The zero-order valence-electron chi connectivity index (χ0n) is 17.8. The van der Waals surface area contributed by atoms with Crippen molar-refractivity contribution in [2.75, 3.05) is 39.8 Å². The first-order valence-electron chi connectivity index (χ1n) is 10.3. The number of benzene rings is 2. The van der Waals surface area contributed by atoms with E-state index in [2.05, 4.69) is 0 Å². The average Bonchev–Trinajstić information content (AvgIpc) is 2.79. The van der Waals surface area contributed by atoms with E-state index in [4.69, 9.17) is 0 Å². The summed E-state index contributed by atoms with van der Waals surface area (Å²) in [7, 11) is -2.32. The lowest BCUT2D eigenvalue weighted by Crippen LogP contribution is -2.50. The van der Waals surface area contributed by atoms with Gasteiger partial charge in [-0.3, -0.25) is 9.59 Å². The van der Waals surface area contributed by atoms with E-state index < -0.39 is 15.8 Å². The SMILES string of the molecule is CN(CCCC(=O)N1CCN(C(=O)c2ccccc2O)CC1)S(=O)(=O)c1ccc(F)cc1. The molecule has 1 aliphatic rings. The summed E-state index contributed by atoms with van der Waals surface area (Å²) in [5, 5.41) is 9.86.